The van der Waals surface area contributed by atoms with Gasteiger partial charge >= 0.3 is 5.97 Å². The molecule has 1 rings (SSSR count). The molecule has 0 aliphatic carbocycles. The van der Waals surface area contributed by atoms with Crippen LogP contribution < -0.4 is 11.5 Å². The maximum Gasteiger partial charge on any atom is 0.358 e. The molecule has 0 radical (unpaired) electrons. The number of hydrogen-bond acceptors (Lipinski definition) is 5. The summed E-state index contributed by atoms with van der Waals surface area (Å²) in [5, 5.41) is 8.73. The van der Waals surface area contributed by atoms with Crippen molar-refractivity contribution in [3.63, 3.8) is 0 Å². The Labute approximate surface area is 80.9 Å². The summed E-state index contributed by atoms with van der Waals surface area (Å²) >= 11 is 0. The molecular formula is C8H13N3O3. The molecule has 1 atom stereocenters. The Kier molecular flexibility index (Phi) is 3.61. The third kappa shape index (κ3) is 2.30. The van der Waals surface area contributed by atoms with E-state index in [1.807, 2.05) is 0 Å². The van der Waals surface area contributed by atoms with Crippen molar-refractivity contribution in [1.29, 1.82) is 0 Å². The van der Waals surface area contributed by atoms with Gasteiger partial charge < -0.3 is 21.0 Å². The van der Waals surface area contributed by atoms with Crippen molar-refractivity contribution in [1.82, 2.24) is 4.98 Å². The van der Waals surface area contributed by atoms with E-state index in [-0.39, 0.29) is 11.5 Å². The average Bonchev–Trinajstić information content (AvgIpc) is 2.62. The normalized spacial score (nSPS) is 12.7. The molecule has 6 nitrogen and oxygen atoms in total. The van der Waals surface area contributed by atoms with Crippen molar-refractivity contribution in [2.24, 2.45) is 11.5 Å². The van der Waals surface area contributed by atoms with Gasteiger partial charge in [-0.3, -0.25) is 0 Å². The largest absolute Gasteiger partial charge is 0.476 e. The van der Waals surface area contributed by atoms with Crippen LogP contribution in [0.5, 0.6) is 0 Å². The second-order valence-corrected chi connectivity index (χ2v) is 2.91. The van der Waals surface area contributed by atoms with Crippen LogP contribution in [0, 0.1) is 0 Å². The number of nitrogens with two attached hydrogens (primary N) is 2. The molecule has 0 saturated heterocycles. The average molecular weight is 199 g/mol. The predicted molar refractivity (Wildman–Crippen MR) is 48.7 cm³/mol. The van der Waals surface area contributed by atoms with E-state index in [1.165, 1.54) is 0 Å². The summed E-state index contributed by atoms with van der Waals surface area (Å²) in [5.41, 5.74) is 10.9. The fraction of sp³-hybridized carbons (Fsp3) is 0.500. The molecule has 0 spiro atoms. The van der Waals surface area contributed by atoms with Crippen LogP contribution in [0.3, 0.4) is 0 Å². The highest BCUT2D eigenvalue weighted by molar-refractivity contribution is 5.86. The van der Waals surface area contributed by atoms with Gasteiger partial charge in [-0.2, -0.15) is 0 Å². The molecule has 0 fully saturated rings. The smallest absolute Gasteiger partial charge is 0.358 e. The van der Waals surface area contributed by atoms with Gasteiger partial charge in [-0.25, -0.2) is 9.78 Å². The SMILES string of the molecule is NCCCC(N)c1ocnc1C(=O)O. The second kappa shape index (κ2) is 4.73. The molecule has 14 heavy (non-hydrogen) atoms. The van der Waals surface area contributed by atoms with Gasteiger partial charge in [0.1, 0.15) is 0 Å². The van der Waals surface area contributed by atoms with E-state index in [1.54, 1.807) is 0 Å². The first kappa shape index (κ1) is 10.7. The number of nitrogens with zero attached hydrogens (tertiary/aromatic N) is 1. The molecule has 1 aromatic heterocycles. The minimum Gasteiger partial charge on any atom is -0.476 e. The van der Waals surface area contributed by atoms with Crippen LogP contribution in [-0.2, 0) is 0 Å². The van der Waals surface area contributed by atoms with E-state index in [0.29, 0.717) is 13.0 Å². The molecule has 0 bridgehead atoms. The number of oxazole rings is 1. The quantitative estimate of drug-likeness (QED) is 0.620. The number of rotatable bonds is 5. The molecule has 0 aliphatic rings. The lowest BCUT2D eigenvalue weighted by molar-refractivity contribution is 0.0688. The Hall–Kier alpha value is -1.40. The molecule has 1 heterocycles. The second-order valence-electron chi connectivity index (χ2n) is 2.91. The number of hydrogen-bond donors (Lipinski definition) is 3. The predicted octanol–water partition coefficient (Wildman–Crippen LogP) is 0.112. The summed E-state index contributed by atoms with van der Waals surface area (Å²) in [4.78, 5) is 14.2. The maximum atomic E-state index is 10.7. The van der Waals surface area contributed by atoms with Crippen LogP contribution in [0.4, 0.5) is 0 Å². The molecule has 78 valence electrons. The molecule has 0 aliphatic heterocycles. The molecule has 0 amide bonds. The van der Waals surface area contributed by atoms with E-state index in [0.717, 1.165) is 12.8 Å². The Morgan fingerprint density at radius 1 is 1.71 bits per heavy atom. The van der Waals surface area contributed by atoms with Gasteiger partial charge in [0.05, 0.1) is 6.04 Å². The lowest BCUT2D eigenvalue weighted by atomic mass is 10.1. The molecule has 6 heteroatoms. The molecule has 0 aromatic carbocycles. The molecule has 0 saturated carbocycles. The van der Waals surface area contributed by atoms with Crippen molar-refractivity contribution in [2.75, 3.05) is 6.54 Å². The molecule has 1 unspecified atom stereocenters. The van der Waals surface area contributed by atoms with E-state index in [4.69, 9.17) is 21.0 Å². The van der Waals surface area contributed by atoms with Crippen molar-refractivity contribution < 1.29 is 14.3 Å². The Morgan fingerprint density at radius 3 is 3.00 bits per heavy atom. The Morgan fingerprint density at radius 2 is 2.43 bits per heavy atom. The molecular weight excluding hydrogens is 186 g/mol. The Balaban J connectivity index is 2.73. The van der Waals surface area contributed by atoms with Crippen LogP contribution >= 0.6 is 0 Å². The summed E-state index contributed by atoms with van der Waals surface area (Å²) in [5.74, 6) is -0.914. The van der Waals surface area contributed by atoms with Crippen LogP contribution in [0.25, 0.3) is 0 Å². The summed E-state index contributed by atoms with van der Waals surface area (Å²) < 4.78 is 4.93. The van der Waals surface area contributed by atoms with E-state index in [2.05, 4.69) is 4.98 Å². The van der Waals surface area contributed by atoms with Gasteiger partial charge in [0.2, 0.25) is 0 Å². The van der Waals surface area contributed by atoms with Crippen molar-refractivity contribution >= 4 is 5.97 Å². The fourth-order valence-electron chi connectivity index (χ4n) is 1.15. The van der Waals surface area contributed by atoms with E-state index >= 15 is 0 Å². The standard InChI is InChI=1S/C8H13N3O3/c9-3-1-2-5(10)7-6(8(12)13)11-4-14-7/h4-5H,1-3,9-10H2,(H,12,13). The van der Waals surface area contributed by atoms with Gasteiger partial charge in [-0.15, -0.1) is 0 Å². The van der Waals surface area contributed by atoms with Crippen LogP contribution in [0.2, 0.25) is 0 Å². The highest BCUT2D eigenvalue weighted by Gasteiger charge is 2.20. The minimum atomic E-state index is -1.13. The highest BCUT2D eigenvalue weighted by atomic mass is 16.4. The minimum absolute atomic E-state index is 0.116. The summed E-state index contributed by atoms with van der Waals surface area (Å²) in [6.07, 6.45) is 2.40. The van der Waals surface area contributed by atoms with E-state index < -0.39 is 12.0 Å². The van der Waals surface area contributed by atoms with Gasteiger partial charge in [-0.05, 0) is 19.4 Å². The van der Waals surface area contributed by atoms with Gasteiger partial charge in [0.15, 0.2) is 17.8 Å². The lowest BCUT2D eigenvalue weighted by Gasteiger charge is -2.07. The van der Waals surface area contributed by atoms with Crippen LogP contribution in [0.1, 0.15) is 35.1 Å². The van der Waals surface area contributed by atoms with Crippen LogP contribution in [-0.4, -0.2) is 22.6 Å². The van der Waals surface area contributed by atoms with Gasteiger partial charge in [0, 0.05) is 0 Å². The monoisotopic (exact) mass is 199 g/mol. The topological polar surface area (TPSA) is 115 Å². The number of carboxylic acid groups (broad SMARTS) is 1. The number of aromatic nitrogens is 1. The molecule has 5 N–H and O–H groups in total. The third-order valence-corrected chi connectivity index (χ3v) is 1.85. The maximum absolute atomic E-state index is 10.7. The van der Waals surface area contributed by atoms with Crippen molar-refractivity contribution in [3.05, 3.63) is 17.8 Å². The highest BCUT2D eigenvalue weighted by Crippen LogP contribution is 2.18. The first-order valence-corrected chi connectivity index (χ1v) is 4.29. The summed E-state index contributed by atoms with van der Waals surface area (Å²) in [6.45, 7) is 0.518. The van der Waals surface area contributed by atoms with Crippen molar-refractivity contribution in [2.45, 2.75) is 18.9 Å². The zero-order valence-electron chi connectivity index (χ0n) is 7.64. The number of carboxylic acids is 1. The first-order chi connectivity index (χ1) is 6.66. The lowest BCUT2D eigenvalue weighted by Crippen LogP contribution is -2.15. The zero-order valence-corrected chi connectivity index (χ0v) is 7.64. The fourth-order valence-corrected chi connectivity index (χ4v) is 1.15. The first-order valence-electron chi connectivity index (χ1n) is 4.29. The summed E-state index contributed by atoms with van der Waals surface area (Å²) in [7, 11) is 0. The van der Waals surface area contributed by atoms with Crippen molar-refractivity contribution in [3.8, 4) is 0 Å². The summed E-state index contributed by atoms with van der Waals surface area (Å²) in [6, 6.07) is -0.452. The third-order valence-electron chi connectivity index (χ3n) is 1.85. The van der Waals surface area contributed by atoms with Gasteiger partial charge in [-0.1, -0.05) is 0 Å². The zero-order chi connectivity index (χ0) is 10.6. The van der Waals surface area contributed by atoms with Gasteiger partial charge in [0.25, 0.3) is 0 Å². The molecule has 1 aromatic rings. The Bertz CT molecular complexity index is 311. The van der Waals surface area contributed by atoms with E-state index in [9.17, 15) is 4.79 Å². The number of carbonyl (C=O) groups is 1. The van der Waals surface area contributed by atoms with Crippen LogP contribution in [0.15, 0.2) is 10.8 Å². The number of aromatic carboxylic acids is 1.